The van der Waals surface area contributed by atoms with Crippen LogP contribution in [0.4, 0.5) is 0 Å². The highest BCUT2D eigenvalue weighted by molar-refractivity contribution is 7.92. The molecular weight excluding hydrogens is 248 g/mol. The van der Waals surface area contributed by atoms with E-state index in [1.807, 2.05) is 0 Å². The first-order valence-electron chi connectivity index (χ1n) is 5.07. The summed E-state index contributed by atoms with van der Waals surface area (Å²) in [6.45, 7) is 3.26. The van der Waals surface area contributed by atoms with Gasteiger partial charge in [-0.15, -0.1) is 0 Å². The second-order valence-corrected chi connectivity index (χ2v) is 6.42. The van der Waals surface area contributed by atoms with Crippen LogP contribution >= 0.6 is 11.6 Å². The van der Waals surface area contributed by atoms with E-state index >= 15 is 0 Å². The molecule has 2 unspecified atom stereocenters. The molecule has 5 heteroatoms. The Morgan fingerprint density at radius 2 is 1.81 bits per heavy atom. The number of halogens is 1. The molecule has 0 spiro atoms. The first kappa shape index (κ1) is 13.5. The second-order valence-electron chi connectivity index (χ2n) is 3.68. The van der Waals surface area contributed by atoms with Crippen molar-refractivity contribution in [1.82, 2.24) is 0 Å². The minimum Gasteiger partial charge on any atom is -0.392 e. The summed E-state index contributed by atoms with van der Waals surface area (Å²) < 4.78 is 24.1. The van der Waals surface area contributed by atoms with Crippen LogP contribution in [0.2, 0.25) is 5.02 Å². The number of sulfone groups is 1. The van der Waals surface area contributed by atoms with Crippen LogP contribution in [0.15, 0.2) is 29.2 Å². The van der Waals surface area contributed by atoms with E-state index < -0.39 is 21.2 Å². The second kappa shape index (κ2) is 5.17. The predicted octanol–water partition coefficient (Wildman–Crippen LogP) is 2.27. The summed E-state index contributed by atoms with van der Waals surface area (Å²) in [5.74, 6) is 0. The molecule has 0 heterocycles. The molecule has 0 aromatic heterocycles. The van der Waals surface area contributed by atoms with E-state index in [1.54, 1.807) is 6.92 Å². The number of hydrogen-bond donors (Lipinski definition) is 1. The van der Waals surface area contributed by atoms with Crippen molar-refractivity contribution in [2.75, 3.05) is 0 Å². The maximum Gasteiger partial charge on any atom is 0.183 e. The zero-order valence-corrected chi connectivity index (χ0v) is 10.8. The summed E-state index contributed by atoms with van der Waals surface area (Å²) in [4.78, 5) is 0.192. The number of hydrogen-bond acceptors (Lipinski definition) is 3. The van der Waals surface area contributed by atoms with Gasteiger partial charge < -0.3 is 5.11 Å². The number of aliphatic hydroxyl groups excluding tert-OH is 1. The minimum absolute atomic E-state index is 0.192. The first-order chi connectivity index (χ1) is 7.39. The molecule has 0 saturated carbocycles. The molecule has 0 aliphatic carbocycles. The van der Waals surface area contributed by atoms with Gasteiger partial charge in [0.25, 0.3) is 0 Å². The number of aliphatic hydroxyl groups is 1. The van der Waals surface area contributed by atoms with Crippen molar-refractivity contribution in [3.8, 4) is 0 Å². The molecule has 0 radical (unpaired) electrons. The normalized spacial score (nSPS) is 15.8. The molecule has 0 amide bonds. The van der Waals surface area contributed by atoms with E-state index in [9.17, 15) is 13.5 Å². The van der Waals surface area contributed by atoms with Gasteiger partial charge in [0.15, 0.2) is 9.84 Å². The van der Waals surface area contributed by atoms with E-state index in [0.29, 0.717) is 11.4 Å². The highest BCUT2D eigenvalue weighted by Crippen LogP contribution is 2.21. The van der Waals surface area contributed by atoms with Crippen LogP contribution < -0.4 is 0 Å². The highest BCUT2D eigenvalue weighted by Gasteiger charge is 2.28. The lowest BCUT2D eigenvalue weighted by molar-refractivity contribution is 0.168. The van der Waals surface area contributed by atoms with Crippen molar-refractivity contribution in [2.24, 2.45) is 0 Å². The Labute approximate surface area is 101 Å². The van der Waals surface area contributed by atoms with E-state index in [2.05, 4.69) is 0 Å². The van der Waals surface area contributed by atoms with Crippen LogP contribution in [0.1, 0.15) is 20.3 Å². The SMILES string of the molecule is CCC(O)C(C)S(=O)(=O)c1ccc(Cl)cc1. The van der Waals surface area contributed by atoms with E-state index in [0.717, 1.165) is 0 Å². The quantitative estimate of drug-likeness (QED) is 0.906. The fraction of sp³-hybridized carbons (Fsp3) is 0.455. The average Bonchev–Trinajstić information content (AvgIpc) is 2.27. The van der Waals surface area contributed by atoms with Crippen molar-refractivity contribution >= 4 is 21.4 Å². The molecule has 0 aliphatic heterocycles. The molecule has 0 saturated heterocycles. The molecule has 1 rings (SSSR count). The third kappa shape index (κ3) is 2.75. The van der Waals surface area contributed by atoms with E-state index in [1.165, 1.54) is 31.2 Å². The maximum atomic E-state index is 12.0. The molecular formula is C11H15ClO3S. The Bertz CT molecular complexity index is 439. The van der Waals surface area contributed by atoms with Gasteiger partial charge in [-0.1, -0.05) is 18.5 Å². The van der Waals surface area contributed by atoms with Gasteiger partial charge in [0.1, 0.15) is 0 Å². The fourth-order valence-corrected chi connectivity index (χ4v) is 3.05. The van der Waals surface area contributed by atoms with Crippen molar-refractivity contribution < 1.29 is 13.5 Å². The maximum absolute atomic E-state index is 12.0. The number of rotatable bonds is 4. The first-order valence-corrected chi connectivity index (χ1v) is 6.99. The van der Waals surface area contributed by atoms with Crippen molar-refractivity contribution in [1.29, 1.82) is 0 Å². The molecule has 1 aromatic carbocycles. The van der Waals surface area contributed by atoms with Gasteiger partial charge >= 0.3 is 0 Å². The zero-order chi connectivity index (χ0) is 12.3. The summed E-state index contributed by atoms with van der Waals surface area (Å²) in [5, 5.41) is 9.25. The van der Waals surface area contributed by atoms with Crippen molar-refractivity contribution in [3.05, 3.63) is 29.3 Å². The van der Waals surface area contributed by atoms with Gasteiger partial charge in [-0.05, 0) is 37.6 Å². The molecule has 16 heavy (non-hydrogen) atoms. The van der Waals surface area contributed by atoms with Crippen LogP contribution in [0.3, 0.4) is 0 Å². The zero-order valence-electron chi connectivity index (χ0n) is 9.22. The van der Waals surface area contributed by atoms with Gasteiger partial charge in [0.05, 0.1) is 16.2 Å². The fourth-order valence-electron chi connectivity index (χ4n) is 1.38. The molecule has 1 N–H and O–H groups in total. The van der Waals surface area contributed by atoms with Gasteiger partial charge in [0.2, 0.25) is 0 Å². The monoisotopic (exact) mass is 262 g/mol. The summed E-state index contributed by atoms with van der Waals surface area (Å²) in [6, 6.07) is 5.96. The standard InChI is InChI=1S/C11H15ClO3S/c1-3-11(13)8(2)16(14,15)10-6-4-9(12)5-7-10/h4-8,11,13H,3H2,1-2H3. The van der Waals surface area contributed by atoms with Crippen LogP contribution in [0, 0.1) is 0 Å². The number of benzene rings is 1. The molecule has 3 nitrogen and oxygen atoms in total. The van der Waals surface area contributed by atoms with E-state index in [4.69, 9.17) is 11.6 Å². The Hall–Kier alpha value is -0.580. The summed E-state index contributed by atoms with van der Waals surface area (Å²) in [5.41, 5.74) is 0. The van der Waals surface area contributed by atoms with Crippen molar-refractivity contribution in [2.45, 2.75) is 36.5 Å². The lowest BCUT2D eigenvalue weighted by atomic mass is 10.2. The summed E-state index contributed by atoms with van der Waals surface area (Å²) in [7, 11) is -3.48. The van der Waals surface area contributed by atoms with Gasteiger partial charge in [0, 0.05) is 5.02 Å². The van der Waals surface area contributed by atoms with Gasteiger partial charge in [-0.3, -0.25) is 0 Å². The lowest BCUT2D eigenvalue weighted by Gasteiger charge is -2.17. The van der Waals surface area contributed by atoms with Crippen LogP contribution in [0.25, 0.3) is 0 Å². The molecule has 90 valence electrons. The molecule has 0 fully saturated rings. The Morgan fingerprint density at radius 1 is 1.31 bits per heavy atom. The molecule has 0 aliphatic rings. The molecule has 2 atom stereocenters. The summed E-state index contributed by atoms with van der Waals surface area (Å²) >= 11 is 5.69. The topological polar surface area (TPSA) is 54.4 Å². The Balaban J connectivity index is 3.07. The van der Waals surface area contributed by atoms with Crippen molar-refractivity contribution in [3.63, 3.8) is 0 Å². The minimum atomic E-state index is -3.48. The highest BCUT2D eigenvalue weighted by atomic mass is 35.5. The molecule has 0 bridgehead atoms. The largest absolute Gasteiger partial charge is 0.392 e. The lowest BCUT2D eigenvalue weighted by Crippen LogP contribution is -2.30. The Morgan fingerprint density at radius 3 is 2.25 bits per heavy atom. The predicted molar refractivity (Wildman–Crippen MR) is 64.4 cm³/mol. The van der Waals surface area contributed by atoms with Gasteiger partial charge in [-0.2, -0.15) is 0 Å². The smallest absolute Gasteiger partial charge is 0.183 e. The van der Waals surface area contributed by atoms with Gasteiger partial charge in [-0.25, -0.2) is 8.42 Å². The van der Waals surface area contributed by atoms with Crippen LogP contribution in [-0.4, -0.2) is 24.9 Å². The van der Waals surface area contributed by atoms with E-state index in [-0.39, 0.29) is 4.90 Å². The molecule has 1 aromatic rings. The average molecular weight is 263 g/mol. The van der Waals surface area contributed by atoms with Crippen LogP contribution in [-0.2, 0) is 9.84 Å². The third-order valence-corrected chi connectivity index (χ3v) is 5.07. The third-order valence-electron chi connectivity index (χ3n) is 2.59. The van der Waals surface area contributed by atoms with Crippen LogP contribution in [0.5, 0.6) is 0 Å². The Kier molecular flexibility index (Phi) is 4.35. The summed E-state index contributed by atoms with van der Waals surface area (Å²) in [6.07, 6.45) is -0.436.